The molecule has 0 fully saturated rings. The average Bonchev–Trinajstić information content (AvgIpc) is 2.29. The van der Waals surface area contributed by atoms with Gasteiger partial charge < -0.3 is 10.2 Å². The van der Waals surface area contributed by atoms with Crippen molar-refractivity contribution < 1.29 is 4.79 Å². The molecule has 0 aromatic carbocycles. The van der Waals surface area contributed by atoms with Crippen molar-refractivity contribution in [3.63, 3.8) is 0 Å². The number of carbonyl (C=O) groups excluding carboxylic acids is 1. The molecular formula is C10H17N3O. The monoisotopic (exact) mass is 195 g/mol. The standard InChI is InChI=1S/C10H17N3O/c1-3-9(2)13-7-6-12-10(14)4-5-11-8-13/h4-5,8-9H,3,6-7H2,1-2H3,(H,12,14). The quantitative estimate of drug-likeness (QED) is 0.707. The molecule has 1 atom stereocenters. The van der Waals surface area contributed by atoms with Crippen LogP contribution in [0, 0.1) is 0 Å². The number of hydrogen-bond acceptors (Lipinski definition) is 3. The van der Waals surface area contributed by atoms with E-state index in [-0.39, 0.29) is 5.91 Å². The second kappa shape index (κ2) is 5.42. The summed E-state index contributed by atoms with van der Waals surface area (Å²) in [5.74, 6) is -0.0758. The molecular weight excluding hydrogens is 178 g/mol. The van der Waals surface area contributed by atoms with Gasteiger partial charge in [-0.3, -0.25) is 4.79 Å². The van der Waals surface area contributed by atoms with Crippen LogP contribution in [0.2, 0.25) is 0 Å². The molecule has 14 heavy (non-hydrogen) atoms. The third kappa shape index (κ3) is 3.20. The molecule has 0 saturated heterocycles. The molecule has 0 aromatic rings. The van der Waals surface area contributed by atoms with E-state index in [1.165, 1.54) is 12.3 Å². The first-order valence-corrected chi connectivity index (χ1v) is 4.97. The third-order valence-electron chi connectivity index (χ3n) is 2.35. The van der Waals surface area contributed by atoms with E-state index in [9.17, 15) is 4.79 Å². The van der Waals surface area contributed by atoms with Crippen LogP contribution in [0.15, 0.2) is 17.3 Å². The molecule has 1 N–H and O–H groups in total. The predicted molar refractivity (Wildman–Crippen MR) is 57.1 cm³/mol. The van der Waals surface area contributed by atoms with E-state index in [0.717, 1.165) is 13.0 Å². The lowest BCUT2D eigenvalue weighted by Crippen LogP contribution is -2.37. The highest BCUT2D eigenvalue weighted by molar-refractivity contribution is 5.87. The van der Waals surface area contributed by atoms with Crippen LogP contribution in [-0.2, 0) is 4.79 Å². The van der Waals surface area contributed by atoms with E-state index in [1.807, 2.05) is 0 Å². The molecule has 0 aliphatic carbocycles. The summed E-state index contributed by atoms with van der Waals surface area (Å²) >= 11 is 0. The van der Waals surface area contributed by atoms with Crippen LogP contribution in [0.3, 0.4) is 0 Å². The van der Waals surface area contributed by atoms with Crippen molar-refractivity contribution in [2.45, 2.75) is 26.3 Å². The number of carbonyl (C=O) groups is 1. The summed E-state index contributed by atoms with van der Waals surface area (Å²) in [6.07, 6.45) is 5.83. The lowest BCUT2D eigenvalue weighted by molar-refractivity contribution is -0.116. The minimum Gasteiger partial charge on any atom is -0.358 e. The fourth-order valence-electron chi connectivity index (χ4n) is 1.23. The highest BCUT2D eigenvalue weighted by atomic mass is 16.1. The van der Waals surface area contributed by atoms with E-state index in [1.54, 1.807) is 6.34 Å². The van der Waals surface area contributed by atoms with Crippen molar-refractivity contribution in [2.75, 3.05) is 13.1 Å². The van der Waals surface area contributed by atoms with Gasteiger partial charge in [0.1, 0.15) is 0 Å². The molecule has 0 bridgehead atoms. The highest BCUT2D eigenvalue weighted by Gasteiger charge is 2.08. The lowest BCUT2D eigenvalue weighted by atomic mass is 10.2. The average molecular weight is 195 g/mol. The van der Waals surface area contributed by atoms with Crippen molar-refractivity contribution >= 4 is 12.2 Å². The fourth-order valence-corrected chi connectivity index (χ4v) is 1.23. The van der Waals surface area contributed by atoms with Crippen LogP contribution >= 0.6 is 0 Å². The zero-order chi connectivity index (χ0) is 10.4. The molecule has 1 aliphatic heterocycles. The third-order valence-corrected chi connectivity index (χ3v) is 2.35. The fraction of sp³-hybridized carbons (Fsp3) is 0.600. The summed E-state index contributed by atoms with van der Waals surface area (Å²) in [5.41, 5.74) is 0. The van der Waals surface area contributed by atoms with E-state index in [0.29, 0.717) is 12.6 Å². The smallest absolute Gasteiger partial charge is 0.245 e. The normalized spacial score (nSPS) is 19.6. The van der Waals surface area contributed by atoms with Crippen molar-refractivity contribution in [1.29, 1.82) is 0 Å². The van der Waals surface area contributed by atoms with Gasteiger partial charge in [-0.2, -0.15) is 0 Å². The van der Waals surface area contributed by atoms with Gasteiger partial charge in [0.25, 0.3) is 0 Å². The SMILES string of the molecule is CCC(C)N1C=NC=CC(=O)NCC1. The molecule has 4 heteroatoms. The number of amides is 1. The topological polar surface area (TPSA) is 44.7 Å². The number of nitrogens with one attached hydrogen (secondary N) is 1. The molecule has 1 heterocycles. The van der Waals surface area contributed by atoms with Crippen molar-refractivity contribution in [2.24, 2.45) is 4.99 Å². The Labute approximate surface area is 84.7 Å². The van der Waals surface area contributed by atoms with Crippen LogP contribution < -0.4 is 5.32 Å². The Kier molecular flexibility index (Phi) is 4.16. The summed E-state index contributed by atoms with van der Waals surface area (Å²) in [5, 5.41) is 2.79. The number of aliphatic imine (C=N–C) groups is 1. The molecule has 0 aromatic heterocycles. The Bertz CT molecular complexity index is 248. The summed E-state index contributed by atoms with van der Waals surface area (Å²) < 4.78 is 0. The number of hydrogen-bond donors (Lipinski definition) is 1. The van der Waals surface area contributed by atoms with Crippen LogP contribution in [0.4, 0.5) is 0 Å². The molecule has 1 unspecified atom stereocenters. The van der Waals surface area contributed by atoms with E-state index in [2.05, 4.69) is 29.1 Å². The minimum absolute atomic E-state index is 0.0758. The van der Waals surface area contributed by atoms with Crippen molar-refractivity contribution in [3.8, 4) is 0 Å². The van der Waals surface area contributed by atoms with Gasteiger partial charge in [-0.1, -0.05) is 6.92 Å². The molecule has 0 saturated carbocycles. The largest absolute Gasteiger partial charge is 0.358 e. The molecule has 1 amide bonds. The summed E-state index contributed by atoms with van der Waals surface area (Å²) in [6.45, 7) is 5.76. The van der Waals surface area contributed by atoms with Gasteiger partial charge in [-0.25, -0.2) is 4.99 Å². The van der Waals surface area contributed by atoms with Crippen molar-refractivity contribution in [1.82, 2.24) is 10.2 Å². The van der Waals surface area contributed by atoms with Crippen LogP contribution in [-0.4, -0.2) is 36.3 Å². The summed E-state index contributed by atoms with van der Waals surface area (Å²) in [6, 6.07) is 0.460. The zero-order valence-electron chi connectivity index (χ0n) is 8.73. The van der Waals surface area contributed by atoms with E-state index < -0.39 is 0 Å². The first-order chi connectivity index (χ1) is 6.74. The maximum Gasteiger partial charge on any atom is 0.245 e. The molecule has 4 nitrogen and oxygen atoms in total. The Hall–Kier alpha value is -1.32. The summed E-state index contributed by atoms with van der Waals surface area (Å²) in [7, 11) is 0. The Morgan fingerprint density at radius 2 is 2.50 bits per heavy atom. The van der Waals surface area contributed by atoms with Crippen LogP contribution in [0.1, 0.15) is 20.3 Å². The Balaban J connectivity index is 2.59. The van der Waals surface area contributed by atoms with Gasteiger partial charge in [0.15, 0.2) is 0 Å². The van der Waals surface area contributed by atoms with E-state index >= 15 is 0 Å². The molecule has 78 valence electrons. The first-order valence-electron chi connectivity index (χ1n) is 4.97. The Morgan fingerprint density at radius 1 is 1.71 bits per heavy atom. The molecule has 1 rings (SSSR count). The first kappa shape index (κ1) is 10.8. The minimum atomic E-state index is -0.0758. The van der Waals surface area contributed by atoms with Gasteiger partial charge in [0, 0.05) is 31.4 Å². The maximum atomic E-state index is 11.0. The van der Waals surface area contributed by atoms with Gasteiger partial charge >= 0.3 is 0 Å². The van der Waals surface area contributed by atoms with E-state index in [4.69, 9.17) is 0 Å². The van der Waals surface area contributed by atoms with Gasteiger partial charge in [-0.05, 0) is 13.3 Å². The second-order valence-corrected chi connectivity index (χ2v) is 3.37. The van der Waals surface area contributed by atoms with Crippen molar-refractivity contribution in [3.05, 3.63) is 12.3 Å². The van der Waals surface area contributed by atoms with Crippen LogP contribution in [0.5, 0.6) is 0 Å². The van der Waals surface area contributed by atoms with Gasteiger partial charge in [0.05, 0.1) is 6.34 Å². The summed E-state index contributed by atoms with van der Waals surface area (Å²) in [4.78, 5) is 17.2. The maximum absolute atomic E-state index is 11.0. The second-order valence-electron chi connectivity index (χ2n) is 3.37. The number of rotatable bonds is 2. The molecule has 0 spiro atoms. The van der Waals surface area contributed by atoms with Crippen LogP contribution in [0.25, 0.3) is 0 Å². The predicted octanol–water partition coefficient (Wildman–Crippen LogP) is 0.759. The molecule has 1 aliphatic rings. The molecule has 0 radical (unpaired) electrons. The Morgan fingerprint density at radius 3 is 3.21 bits per heavy atom. The number of nitrogens with zero attached hydrogens (tertiary/aromatic N) is 2. The lowest BCUT2D eigenvalue weighted by Gasteiger charge is -2.25. The zero-order valence-corrected chi connectivity index (χ0v) is 8.73. The highest BCUT2D eigenvalue weighted by Crippen LogP contribution is 2.00. The van der Waals surface area contributed by atoms with Gasteiger partial charge in [0.2, 0.25) is 5.91 Å². The van der Waals surface area contributed by atoms with Gasteiger partial charge in [-0.15, -0.1) is 0 Å².